The van der Waals surface area contributed by atoms with Crippen LogP contribution in [-0.2, 0) is 0 Å². The van der Waals surface area contributed by atoms with E-state index in [-0.39, 0.29) is 5.91 Å². The van der Waals surface area contributed by atoms with Crippen molar-refractivity contribution < 1.29 is 19.0 Å². The summed E-state index contributed by atoms with van der Waals surface area (Å²) in [4.78, 5) is 14.8. The number of nitrogens with zero attached hydrogens (tertiary/aromatic N) is 1. The molecule has 1 aliphatic heterocycles. The van der Waals surface area contributed by atoms with Crippen LogP contribution in [0.5, 0.6) is 17.2 Å². The van der Waals surface area contributed by atoms with Crippen LogP contribution in [0.4, 0.5) is 0 Å². The Kier molecular flexibility index (Phi) is 5.71. The van der Waals surface area contributed by atoms with Crippen molar-refractivity contribution in [3.05, 3.63) is 52.0 Å². The number of halogens is 1. The van der Waals surface area contributed by atoms with Crippen LogP contribution in [-0.4, -0.2) is 45.2 Å². The molecule has 6 heteroatoms. The Morgan fingerprint density at radius 3 is 2.19 bits per heavy atom. The Morgan fingerprint density at radius 2 is 1.65 bits per heavy atom. The van der Waals surface area contributed by atoms with Gasteiger partial charge in [-0.15, -0.1) is 0 Å². The van der Waals surface area contributed by atoms with Crippen molar-refractivity contribution in [1.82, 2.24) is 4.90 Å². The third-order valence-corrected chi connectivity index (χ3v) is 5.54. The fourth-order valence-electron chi connectivity index (χ4n) is 3.27. The van der Waals surface area contributed by atoms with Crippen molar-refractivity contribution in [2.45, 2.75) is 12.3 Å². The molecular formula is C20H22BrNO4. The molecule has 3 rings (SSSR count). The van der Waals surface area contributed by atoms with Gasteiger partial charge < -0.3 is 19.1 Å². The van der Waals surface area contributed by atoms with Gasteiger partial charge in [-0.1, -0.05) is 12.1 Å². The summed E-state index contributed by atoms with van der Waals surface area (Å²) in [6, 6.07) is 11.6. The molecule has 0 bridgehead atoms. The lowest BCUT2D eigenvalue weighted by atomic mass is 9.98. The molecular weight excluding hydrogens is 398 g/mol. The van der Waals surface area contributed by atoms with E-state index in [1.807, 2.05) is 17.0 Å². The van der Waals surface area contributed by atoms with Crippen molar-refractivity contribution in [1.29, 1.82) is 0 Å². The summed E-state index contributed by atoms with van der Waals surface area (Å²) < 4.78 is 16.6. The molecule has 1 amide bonds. The number of methoxy groups -OCH3 is 3. The van der Waals surface area contributed by atoms with E-state index in [9.17, 15) is 4.79 Å². The molecule has 1 saturated heterocycles. The molecule has 1 unspecified atom stereocenters. The van der Waals surface area contributed by atoms with Gasteiger partial charge >= 0.3 is 0 Å². The maximum absolute atomic E-state index is 13.0. The van der Waals surface area contributed by atoms with Gasteiger partial charge in [0.1, 0.15) is 21.7 Å². The van der Waals surface area contributed by atoms with Crippen LogP contribution in [0.1, 0.15) is 28.3 Å². The summed E-state index contributed by atoms with van der Waals surface area (Å²) in [5.41, 5.74) is 1.80. The number of ether oxygens (including phenoxy) is 3. The highest BCUT2D eigenvalue weighted by atomic mass is 79.9. The zero-order valence-corrected chi connectivity index (χ0v) is 16.7. The van der Waals surface area contributed by atoms with E-state index in [0.717, 1.165) is 18.7 Å². The number of likely N-dealkylation sites (tertiary alicyclic amines) is 1. The van der Waals surface area contributed by atoms with Gasteiger partial charge in [0.25, 0.3) is 5.91 Å². The first-order chi connectivity index (χ1) is 12.6. The minimum absolute atomic E-state index is 0.00916. The monoisotopic (exact) mass is 419 g/mol. The summed E-state index contributed by atoms with van der Waals surface area (Å²) in [7, 11) is 4.80. The van der Waals surface area contributed by atoms with Crippen molar-refractivity contribution in [2.24, 2.45) is 0 Å². The first kappa shape index (κ1) is 18.6. The Labute approximate surface area is 162 Å². The Hall–Kier alpha value is -2.21. The number of amides is 1. The second-order valence-electron chi connectivity index (χ2n) is 6.20. The number of benzene rings is 2. The van der Waals surface area contributed by atoms with Gasteiger partial charge in [0.2, 0.25) is 0 Å². The maximum Gasteiger partial charge on any atom is 0.254 e. The van der Waals surface area contributed by atoms with Crippen LogP contribution < -0.4 is 14.2 Å². The number of hydrogen-bond acceptors (Lipinski definition) is 4. The molecule has 0 aliphatic carbocycles. The number of carbonyl (C=O) groups excluding carboxylic acids is 1. The maximum atomic E-state index is 13.0. The normalized spacial score (nSPS) is 16.5. The summed E-state index contributed by atoms with van der Waals surface area (Å²) >= 11 is 3.44. The molecule has 0 radical (unpaired) electrons. The molecule has 1 fully saturated rings. The second-order valence-corrected chi connectivity index (χ2v) is 7.00. The van der Waals surface area contributed by atoms with E-state index in [0.29, 0.717) is 34.0 Å². The predicted octanol–water partition coefficient (Wildman–Crippen LogP) is 4.10. The Bertz CT molecular complexity index is 766. The second kappa shape index (κ2) is 7.99. The van der Waals surface area contributed by atoms with E-state index >= 15 is 0 Å². The van der Waals surface area contributed by atoms with Crippen LogP contribution in [0.3, 0.4) is 0 Å². The van der Waals surface area contributed by atoms with Crippen molar-refractivity contribution in [2.75, 3.05) is 34.4 Å². The average Bonchev–Trinajstić information content (AvgIpc) is 3.17. The number of hydrogen-bond donors (Lipinski definition) is 0. The Morgan fingerprint density at radius 1 is 1.04 bits per heavy atom. The zero-order valence-electron chi connectivity index (χ0n) is 15.1. The third kappa shape index (κ3) is 3.65. The van der Waals surface area contributed by atoms with E-state index in [1.54, 1.807) is 33.5 Å². The molecule has 1 heterocycles. The fourth-order valence-corrected chi connectivity index (χ4v) is 3.82. The summed E-state index contributed by atoms with van der Waals surface area (Å²) in [5.74, 6) is 2.33. The summed E-state index contributed by atoms with van der Waals surface area (Å²) in [5, 5.41) is 0. The van der Waals surface area contributed by atoms with Crippen molar-refractivity contribution in [3.8, 4) is 17.2 Å². The van der Waals surface area contributed by atoms with Gasteiger partial charge in [-0.3, -0.25) is 4.79 Å². The van der Waals surface area contributed by atoms with E-state index in [4.69, 9.17) is 14.2 Å². The SMILES string of the molecule is COc1ccc(C2CCN(C(=O)c3cc(OC)c(Br)c(OC)c3)C2)cc1. The fraction of sp³-hybridized carbons (Fsp3) is 0.350. The Balaban J connectivity index is 1.77. The van der Waals surface area contributed by atoms with E-state index < -0.39 is 0 Å². The van der Waals surface area contributed by atoms with E-state index in [2.05, 4.69) is 28.1 Å². The quantitative estimate of drug-likeness (QED) is 0.731. The minimum atomic E-state index is -0.00916. The highest BCUT2D eigenvalue weighted by Gasteiger charge is 2.29. The largest absolute Gasteiger partial charge is 0.497 e. The van der Waals surface area contributed by atoms with Gasteiger partial charge in [0.05, 0.1) is 21.3 Å². The molecule has 2 aromatic carbocycles. The molecule has 0 spiro atoms. The molecule has 1 aliphatic rings. The van der Waals surface area contributed by atoms with Gasteiger partial charge in [0, 0.05) is 24.6 Å². The van der Waals surface area contributed by atoms with Crippen LogP contribution in [0.2, 0.25) is 0 Å². The smallest absolute Gasteiger partial charge is 0.254 e. The van der Waals surface area contributed by atoms with Crippen LogP contribution in [0.25, 0.3) is 0 Å². The first-order valence-corrected chi connectivity index (χ1v) is 9.21. The lowest BCUT2D eigenvalue weighted by Crippen LogP contribution is -2.28. The molecule has 5 nitrogen and oxygen atoms in total. The number of carbonyl (C=O) groups is 1. The van der Waals surface area contributed by atoms with Gasteiger partial charge in [0.15, 0.2) is 0 Å². The minimum Gasteiger partial charge on any atom is -0.497 e. The molecule has 2 aromatic rings. The third-order valence-electron chi connectivity index (χ3n) is 4.76. The van der Waals surface area contributed by atoms with Crippen LogP contribution >= 0.6 is 15.9 Å². The molecule has 0 aromatic heterocycles. The zero-order chi connectivity index (χ0) is 18.7. The topological polar surface area (TPSA) is 48.0 Å². The highest BCUT2D eigenvalue weighted by Crippen LogP contribution is 2.37. The molecule has 0 N–H and O–H groups in total. The molecule has 138 valence electrons. The highest BCUT2D eigenvalue weighted by molar-refractivity contribution is 9.10. The standard InChI is InChI=1S/C20H22BrNO4/c1-24-16-6-4-13(5-7-16)14-8-9-22(12-14)20(23)15-10-17(25-2)19(21)18(11-15)26-3/h4-7,10-11,14H,8-9,12H2,1-3H3. The van der Waals surface area contributed by atoms with Gasteiger partial charge in [-0.2, -0.15) is 0 Å². The first-order valence-electron chi connectivity index (χ1n) is 8.42. The van der Waals surface area contributed by atoms with Crippen LogP contribution in [0, 0.1) is 0 Å². The van der Waals surface area contributed by atoms with Crippen molar-refractivity contribution in [3.63, 3.8) is 0 Å². The summed E-state index contributed by atoms with van der Waals surface area (Å²) in [6.07, 6.45) is 0.947. The lowest BCUT2D eigenvalue weighted by Gasteiger charge is -2.18. The summed E-state index contributed by atoms with van der Waals surface area (Å²) in [6.45, 7) is 1.43. The lowest BCUT2D eigenvalue weighted by molar-refractivity contribution is 0.0790. The van der Waals surface area contributed by atoms with Crippen LogP contribution in [0.15, 0.2) is 40.9 Å². The molecule has 26 heavy (non-hydrogen) atoms. The van der Waals surface area contributed by atoms with Gasteiger partial charge in [-0.25, -0.2) is 0 Å². The average molecular weight is 420 g/mol. The van der Waals surface area contributed by atoms with Gasteiger partial charge in [-0.05, 0) is 52.2 Å². The van der Waals surface area contributed by atoms with E-state index in [1.165, 1.54) is 5.56 Å². The number of rotatable bonds is 5. The molecule has 0 saturated carbocycles. The van der Waals surface area contributed by atoms with Crippen molar-refractivity contribution >= 4 is 21.8 Å². The predicted molar refractivity (Wildman–Crippen MR) is 104 cm³/mol. The molecule has 1 atom stereocenters.